The summed E-state index contributed by atoms with van der Waals surface area (Å²) in [5.74, 6) is 0. The molecule has 0 spiro atoms. The Kier molecular flexibility index (Phi) is 3.59. The van der Waals surface area contributed by atoms with Crippen molar-refractivity contribution in [3.05, 3.63) is 52.7 Å². The van der Waals surface area contributed by atoms with Gasteiger partial charge in [-0.2, -0.15) is 0 Å². The Morgan fingerprint density at radius 2 is 1.94 bits per heavy atom. The molecule has 16 heavy (non-hydrogen) atoms. The van der Waals surface area contributed by atoms with Crippen LogP contribution in [0.15, 0.2) is 47.8 Å². The van der Waals surface area contributed by atoms with Crippen molar-refractivity contribution in [3.8, 4) is 0 Å². The van der Waals surface area contributed by atoms with Crippen LogP contribution in [-0.2, 0) is 0 Å². The summed E-state index contributed by atoms with van der Waals surface area (Å²) in [5, 5.41) is 2.09. The topological polar surface area (TPSA) is 29.3 Å². The van der Waals surface area contributed by atoms with Gasteiger partial charge in [-0.05, 0) is 23.6 Å². The number of rotatable bonds is 4. The fourth-order valence-electron chi connectivity index (χ4n) is 1.79. The highest BCUT2D eigenvalue weighted by Crippen LogP contribution is 2.27. The van der Waals surface area contributed by atoms with Crippen LogP contribution in [0.3, 0.4) is 0 Å². The van der Waals surface area contributed by atoms with Crippen LogP contribution in [0.25, 0.3) is 0 Å². The van der Waals surface area contributed by atoms with E-state index in [1.807, 2.05) is 18.2 Å². The standard InChI is InChI=1S/C13H16N2S/c1-15(11-6-3-2-4-7-11)12(10-14)13-8-5-9-16-13/h2-9,12H,10,14H2,1H3. The van der Waals surface area contributed by atoms with Crippen LogP contribution in [0.1, 0.15) is 10.9 Å². The summed E-state index contributed by atoms with van der Waals surface area (Å²) in [6.07, 6.45) is 0. The molecule has 1 aromatic carbocycles. The summed E-state index contributed by atoms with van der Waals surface area (Å²) in [7, 11) is 2.09. The third kappa shape index (κ3) is 2.26. The van der Waals surface area contributed by atoms with E-state index in [9.17, 15) is 0 Å². The first kappa shape index (κ1) is 11.2. The number of para-hydroxylation sites is 1. The number of hydrogen-bond acceptors (Lipinski definition) is 3. The van der Waals surface area contributed by atoms with Crippen LogP contribution < -0.4 is 10.6 Å². The number of anilines is 1. The molecule has 1 unspecified atom stereocenters. The summed E-state index contributed by atoms with van der Waals surface area (Å²) < 4.78 is 0. The molecular formula is C13H16N2S. The Balaban J connectivity index is 2.23. The van der Waals surface area contributed by atoms with E-state index in [-0.39, 0.29) is 6.04 Å². The summed E-state index contributed by atoms with van der Waals surface area (Å²) in [5.41, 5.74) is 7.07. The third-order valence-electron chi connectivity index (χ3n) is 2.73. The van der Waals surface area contributed by atoms with Crippen LogP contribution in [0.2, 0.25) is 0 Å². The zero-order chi connectivity index (χ0) is 11.4. The van der Waals surface area contributed by atoms with Crippen LogP contribution in [0.5, 0.6) is 0 Å². The fourth-order valence-corrected chi connectivity index (χ4v) is 2.67. The van der Waals surface area contributed by atoms with Gasteiger partial charge in [0, 0.05) is 24.2 Å². The second-order valence-corrected chi connectivity index (χ2v) is 4.69. The number of likely N-dealkylation sites (N-methyl/N-ethyl adjacent to an activating group) is 1. The molecule has 1 heterocycles. The molecule has 0 amide bonds. The first-order valence-corrected chi connectivity index (χ1v) is 6.22. The lowest BCUT2D eigenvalue weighted by molar-refractivity contribution is 0.692. The van der Waals surface area contributed by atoms with Crippen molar-refractivity contribution < 1.29 is 0 Å². The number of thiophene rings is 1. The van der Waals surface area contributed by atoms with E-state index in [1.165, 1.54) is 10.6 Å². The van der Waals surface area contributed by atoms with Crippen molar-refractivity contribution in [3.63, 3.8) is 0 Å². The van der Waals surface area contributed by atoms with E-state index in [2.05, 4.69) is 41.6 Å². The summed E-state index contributed by atoms with van der Waals surface area (Å²) >= 11 is 1.76. The Hall–Kier alpha value is -1.32. The molecule has 0 aliphatic rings. The minimum atomic E-state index is 0.266. The van der Waals surface area contributed by atoms with Gasteiger partial charge in [0.25, 0.3) is 0 Å². The molecule has 3 heteroatoms. The summed E-state index contributed by atoms with van der Waals surface area (Å²) in [6, 6.07) is 14.8. The van der Waals surface area contributed by atoms with Crippen molar-refractivity contribution in [1.29, 1.82) is 0 Å². The van der Waals surface area contributed by atoms with Crippen molar-refractivity contribution in [2.75, 3.05) is 18.5 Å². The van der Waals surface area contributed by atoms with Gasteiger partial charge >= 0.3 is 0 Å². The predicted molar refractivity (Wildman–Crippen MR) is 71.0 cm³/mol. The van der Waals surface area contributed by atoms with E-state index >= 15 is 0 Å². The highest BCUT2D eigenvalue weighted by molar-refractivity contribution is 7.10. The second kappa shape index (κ2) is 5.14. The smallest absolute Gasteiger partial charge is 0.0753 e. The van der Waals surface area contributed by atoms with Gasteiger partial charge in [0.1, 0.15) is 0 Å². The number of nitrogens with two attached hydrogens (primary N) is 1. The molecule has 1 aromatic heterocycles. The van der Waals surface area contributed by atoms with Crippen molar-refractivity contribution in [2.24, 2.45) is 5.73 Å². The van der Waals surface area contributed by atoms with Crippen LogP contribution in [-0.4, -0.2) is 13.6 Å². The molecule has 84 valence electrons. The molecule has 2 rings (SSSR count). The largest absolute Gasteiger partial charge is 0.365 e. The fraction of sp³-hybridized carbons (Fsp3) is 0.231. The first-order valence-electron chi connectivity index (χ1n) is 5.34. The molecule has 2 nitrogen and oxygen atoms in total. The van der Waals surface area contributed by atoms with Crippen LogP contribution in [0, 0.1) is 0 Å². The van der Waals surface area contributed by atoms with Gasteiger partial charge in [0.2, 0.25) is 0 Å². The van der Waals surface area contributed by atoms with E-state index in [1.54, 1.807) is 11.3 Å². The molecule has 0 aliphatic heterocycles. The maximum atomic E-state index is 5.87. The Labute approximate surface area is 100 Å². The normalized spacial score (nSPS) is 12.4. The average Bonchev–Trinajstić information content (AvgIpc) is 2.85. The van der Waals surface area contributed by atoms with Crippen LogP contribution >= 0.6 is 11.3 Å². The SMILES string of the molecule is CN(c1ccccc1)C(CN)c1cccs1. The molecule has 1 atom stereocenters. The van der Waals surface area contributed by atoms with E-state index < -0.39 is 0 Å². The Bertz CT molecular complexity index is 411. The van der Waals surface area contributed by atoms with Crippen molar-refractivity contribution in [2.45, 2.75) is 6.04 Å². The quantitative estimate of drug-likeness (QED) is 0.878. The average molecular weight is 232 g/mol. The second-order valence-electron chi connectivity index (χ2n) is 3.71. The minimum absolute atomic E-state index is 0.266. The minimum Gasteiger partial charge on any atom is -0.365 e. The van der Waals surface area contributed by atoms with Gasteiger partial charge < -0.3 is 10.6 Å². The number of nitrogens with zero attached hydrogens (tertiary/aromatic N) is 1. The van der Waals surface area contributed by atoms with E-state index in [4.69, 9.17) is 5.73 Å². The zero-order valence-corrected chi connectivity index (χ0v) is 10.2. The monoisotopic (exact) mass is 232 g/mol. The van der Waals surface area contributed by atoms with Gasteiger partial charge in [0.05, 0.1) is 6.04 Å². The molecule has 2 N–H and O–H groups in total. The number of benzene rings is 1. The van der Waals surface area contributed by atoms with Gasteiger partial charge in [-0.25, -0.2) is 0 Å². The Morgan fingerprint density at radius 1 is 1.19 bits per heavy atom. The van der Waals surface area contributed by atoms with E-state index in [0.717, 1.165) is 0 Å². The lowest BCUT2D eigenvalue weighted by atomic mass is 10.2. The van der Waals surface area contributed by atoms with E-state index in [0.29, 0.717) is 6.54 Å². The third-order valence-corrected chi connectivity index (χ3v) is 3.70. The first-order chi connectivity index (χ1) is 7.83. The molecule has 0 saturated carbocycles. The van der Waals surface area contributed by atoms with Crippen LogP contribution in [0.4, 0.5) is 5.69 Å². The summed E-state index contributed by atoms with van der Waals surface area (Å²) in [4.78, 5) is 3.54. The zero-order valence-electron chi connectivity index (χ0n) is 9.34. The maximum Gasteiger partial charge on any atom is 0.0753 e. The molecule has 0 fully saturated rings. The van der Waals surface area contributed by atoms with Crippen molar-refractivity contribution in [1.82, 2.24) is 0 Å². The molecule has 0 aliphatic carbocycles. The molecule has 2 aromatic rings. The lowest BCUT2D eigenvalue weighted by Gasteiger charge is -2.28. The lowest BCUT2D eigenvalue weighted by Crippen LogP contribution is -2.29. The number of hydrogen-bond donors (Lipinski definition) is 1. The van der Waals surface area contributed by atoms with Gasteiger partial charge in [-0.1, -0.05) is 24.3 Å². The predicted octanol–water partition coefficient (Wildman–Crippen LogP) is 2.88. The summed E-state index contributed by atoms with van der Waals surface area (Å²) in [6.45, 7) is 0.631. The molecular weight excluding hydrogens is 216 g/mol. The van der Waals surface area contributed by atoms with Gasteiger partial charge in [-0.3, -0.25) is 0 Å². The van der Waals surface area contributed by atoms with Gasteiger partial charge in [-0.15, -0.1) is 11.3 Å². The highest BCUT2D eigenvalue weighted by atomic mass is 32.1. The van der Waals surface area contributed by atoms with Gasteiger partial charge in [0.15, 0.2) is 0 Å². The maximum absolute atomic E-state index is 5.87. The van der Waals surface area contributed by atoms with Crippen molar-refractivity contribution >= 4 is 17.0 Å². The molecule has 0 radical (unpaired) electrons. The molecule has 0 bridgehead atoms. The molecule has 0 saturated heterocycles. The highest BCUT2D eigenvalue weighted by Gasteiger charge is 2.16. The Morgan fingerprint density at radius 3 is 2.50 bits per heavy atom.